The lowest BCUT2D eigenvalue weighted by Crippen LogP contribution is -2.48. The molecule has 2 fully saturated rings. The van der Waals surface area contributed by atoms with Gasteiger partial charge in [-0.2, -0.15) is 0 Å². The average Bonchev–Trinajstić information content (AvgIpc) is 3.14. The highest BCUT2D eigenvalue weighted by atomic mass is 32.1. The van der Waals surface area contributed by atoms with E-state index in [0.717, 1.165) is 19.3 Å². The van der Waals surface area contributed by atoms with Gasteiger partial charge in [0.2, 0.25) is 0 Å². The molecule has 0 spiro atoms. The molecule has 2 N–H and O–H groups in total. The minimum Gasteiger partial charge on any atom is -0.469 e. The predicted molar refractivity (Wildman–Crippen MR) is 74.4 cm³/mol. The van der Waals surface area contributed by atoms with Crippen molar-refractivity contribution >= 4 is 28.5 Å². The Morgan fingerprint density at radius 1 is 1.40 bits per heavy atom. The maximum absolute atomic E-state index is 12.0. The second kappa shape index (κ2) is 5.40. The van der Waals surface area contributed by atoms with Crippen LogP contribution in [0, 0.1) is 17.8 Å². The van der Waals surface area contributed by atoms with Crippen molar-refractivity contribution in [2.75, 3.05) is 12.4 Å². The number of nitrogens with one attached hydrogen (secondary N) is 2. The number of esters is 1. The minimum absolute atomic E-state index is 0.124. The zero-order valence-electron chi connectivity index (χ0n) is 11.2. The fourth-order valence-corrected chi connectivity index (χ4v) is 4.07. The molecule has 1 aromatic heterocycles. The second-order valence-electron chi connectivity index (χ2n) is 5.34. The summed E-state index contributed by atoms with van der Waals surface area (Å²) >= 11 is 1.36. The van der Waals surface area contributed by atoms with Gasteiger partial charge in [0.25, 0.3) is 0 Å². The number of amides is 2. The van der Waals surface area contributed by atoms with Crippen LogP contribution in [-0.4, -0.2) is 30.1 Å². The van der Waals surface area contributed by atoms with Crippen LogP contribution in [0.3, 0.4) is 0 Å². The van der Waals surface area contributed by atoms with Crippen molar-refractivity contribution in [3.05, 3.63) is 11.6 Å². The van der Waals surface area contributed by atoms with Gasteiger partial charge >= 0.3 is 12.0 Å². The highest BCUT2D eigenvalue weighted by Gasteiger charge is 2.52. The Hall–Kier alpha value is -1.63. The minimum atomic E-state index is -0.300. The van der Waals surface area contributed by atoms with Crippen LogP contribution < -0.4 is 10.6 Å². The van der Waals surface area contributed by atoms with E-state index in [4.69, 9.17) is 4.74 Å². The molecule has 4 atom stereocenters. The van der Waals surface area contributed by atoms with E-state index < -0.39 is 0 Å². The molecule has 20 heavy (non-hydrogen) atoms. The number of thiazole rings is 1. The lowest BCUT2D eigenvalue weighted by atomic mass is 9.84. The number of ether oxygens (including phenoxy) is 1. The smallest absolute Gasteiger partial charge is 0.321 e. The van der Waals surface area contributed by atoms with Gasteiger partial charge in [0.05, 0.1) is 13.0 Å². The van der Waals surface area contributed by atoms with Crippen LogP contribution in [0.25, 0.3) is 0 Å². The number of hydrogen-bond acceptors (Lipinski definition) is 5. The van der Waals surface area contributed by atoms with Gasteiger partial charge in [-0.25, -0.2) is 9.78 Å². The van der Waals surface area contributed by atoms with E-state index in [0.29, 0.717) is 17.0 Å². The van der Waals surface area contributed by atoms with Crippen LogP contribution in [-0.2, 0) is 9.53 Å². The third-order valence-corrected chi connectivity index (χ3v) is 5.03. The SMILES string of the molecule is COC(=O)C1C2CCC(C2)C1NC(=O)Nc1nccs1. The first kappa shape index (κ1) is 13.4. The standard InChI is InChI=1S/C13H17N3O3S/c1-19-11(17)9-7-2-3-8(6-7)10(9)15-12(18)16-13-14-4-5-20-13/h4-5,7-10H,2-3,6H2,1H3,(H2,14,15,16,18). The highest BCUT2D eigenvalue weighted by Crippen LogP contribution is 2.48. The molecule has 1 heterocycles. The van der Waals surface area contributed by atoms with E-state index in [-0.39, 0.29) is 24.0 Å². The fraction of sp³-hybridized carbons (Fsp3) is 0.615. The number of methoxy groups -OCH3 is 1. The zero-order chi connectivity index (χ0) is 14.1. The van der Waals surface area contributed by atoms with E-state index in [9.17, 15) is 9.59 Å². The number of carbonyl (C=O) groups excluding carboxylic acids is 2. The summed E-state index contributed by atoms with van der Waals surface area (Å²) in [7, 11) is 1.40. The van der Waals surface area contributed by atoms with E-state index in [2.05, 4.69) is 15.6 Å². The number of fused-ring (bicyclic) bond motifs is 2. The molecule has 2 aliphatic carbocycles. The zero-order valence-corrected chi connectivity index (χ0v) is 12.0. The molecule has 1 aromatic rings. The van der Waals surface area contributed by atoms with Crippen molar-refractivity contribution in [1.29, 1.82) is 0 Å². The third-order valence-electron chi connectivity index (χ3n) is 4.34. The number of nitrogens with zero attached hydrogens (tertiary/aromatic N) is 1. The third kappa shape index (κ3) is 2.37. The van der Waals surface area contributed by atoms with Gasteiger partial charge < -0.3 is 10.1 Å². The van der Waals surface area contributed by atoms with Gasteiger partial charge in [-0.3, -0.25) is 10.1 Å². The molecule has 108 valence electrons. The molecular weight excluding hydrogens is 278 g/mol. The maximum atomic E-state index is 12.0. The van der Waals surface area contributed by atoms with Crippen molar-refractivity contribution < 1.29 is 14.3 Å². The maximum Gasteiger partial charge on any atom is 0.321 e. The molecule has 0 aliphatic heterocycles. The Morgan fingerprint density at radius 2 is 2.20 bits per heavy atom. The normalized spacial score (nSPS) is 31.1. The van der Waals surface area contributed by atoms with Crippen molar-refractivity contribution in [2.24, 2.45) is 17.8 Å². The van der Waals surface area contributed by atoms with Crippen molar-refractivity contribution in [3.8, 4) is 0 Å². The van der Waals surface area contributed by atoms with Crippen molar-refractivity contribution in [3.63, 3.8) is 0 Å². The van der Waals surface area contributed by atoms with E-state index in [1.54, 1.807) is 11.6 Å². The number of urea groups is 1. The molecule has 2 saturated carbocycles. The average molecular weight is 295 g/mol. The quantitative estimate of drug-likeness (QED) is 0.834. The summed E-state index contributed by atoms with van der Waals surface area (Å²) < 4.78 is 4.88. The van der Waals surface area contributed by atoms with Gasteiger partial charge in [-0.1, -0.05) is 0 Å². The number of aromatic nitrogens is 1. The van der Waals surface area contributed by atoms with Crippen LogP contribution in [0.2, 0.25) is 0 Å². The molecule has 0 saturated heterocycles. The topological polar surface area (TPSA) is 80.3 Å². The summed E-state index contributed by atoms with van der Waals surface area (Å²) in [4.78, 5) is 27.9. The lowest BCUT2D eigenvalue weighted by molar-refractivity contribution is -0.148. The van der Waals surface area contributed by atoms with E-state index >= 15 is 0 Å². The summed E-state index contributed by atoms with van der Waals surface area (Å²) in [6, 6.07) is -0.424. The summed E-state index contributed by atoms with van der Waals surface area (Å²) in [6.45, 7) is 0. The number of rotatable bonds is 3. The van der Waals surface area contributed by atoms with Crippen LogP contribution >= 0.6 is 11.3 Å². The molecule has 3 rings (SSSR count). The fourth-order valence-electron chi connectivity index (χ4n) is 3.54. The first-order valence-electron chi connectivity index (χ1n) is 6.74. The van der Waals surface area contributed by atoms with Gasteiger partial charge in [0.15, 0.2) is 5.13 Å². The predicted octanol–water partition coefficient (Wildman–Crippen LogP) is 1.85. The number of hydrogen-bond donors (Lipinski definition) is 2. The van der Waals surface area contributed by atoms with E-state index in [1.165, 1.54) is 18.4 Å². The van der Waals surface area contributed by atoms with Crippen molar-refractivity contribution in [2.45, 2.75) is 25.3 Å². The van der Waals surface area contributed by atoms with Gasteiger partial charge in [-0.05, 0) is 31.1 Å². The Morgan fingerprint density at radius 3 is 2.90 bits per heavy atom. The Balaban J connectivity index is 1.66. The molecule has 6 nitrogen and oxygen atoms in total. The monoisotopic (exact) mass is 295 g/mol. The molecule has 2 amide bonds. The van der Waals surface area contributed by atoms with Gasteiger partial charge in [0, 0.05) is 17.6 Å². The number of carbonyl (C=O) groups is 2. The summed E-state index contributed by atoms with van der Waals surface area (Å²) in [5.74, 6) is 0.307. The van der Waals surface area contributed by atoms with Gasteiger partial charge in [-0.15, -0.1) is 11.3 Å². The van der Waals surface area contributed by atoms with Crippen LogP contribution in [0.4, 0.5) is 9.93 Å². The highest BCUT2D eigenvalue weighted by molar-refractivity contribution is 7.13. The summed E-state index contributed by atoms with van der Waals surface area (Å²) in [5.41, 5.74) is 0. The molecule has 2 aliphatic rings. The van der Waals surface area contributed by atoms with E-state index in [1.807, 2.05) is 0 Å². The Labute approximate surface area is 120 Å². The van der Waals surface area contributed by atoms with Crippen LogP contribution in [0.5, 0.6) is 0 Å². The molecule has 0 radical (unpaired) electrons. The lowest BCUT2D eigenvalue weighted by Gasteiger charge is -2.29. The Bertz CT molecular complexity index is 505. The summed E-state index contributed by atoms with van der Waals surface area (Å²) in [5, 5.41) is 7.97. The van der Waals surface area contributed by atoms with Crippen molar-refractivity contribution in [1.82, 2.24) is 10.3 Å². The Kier molecular flexibility index (Phi) is 3.60. The number of anilines is 1. The van der Waals surface area contributed by atoms with Crippen LogP contribution in [0.1, 0.15) is 19.3 Å². The first-order chi connectivity index (χ1) is 9.69. The first-order valence-corrected chi connectivity index (χ1v) is 7.62. The molecular formula is C13H17N3O3S. The van der Waals surface area contributed by atoms with Gasteiger partial charge in [0.1, 0.15) is 0 Å². The second-order valence-corrected chi connectivity index (χ2v) is 6.24. The molecule has 7 heteroatoms. The molecule has 2 bridgehead atoms. The largest absolute Gasteiger partial charge is 0.469 e. The van der Waals surface area contributed by atoms with Crippen LogP contribution in [0.15, 0.2) is 11.6 Å². The molecule has 4 unspecified atom stereocenters. The molecule has 0 aromatic carbocycles. The summed E-state index contributed by atoms with van der Waals surface area (Å²) in [6.07, 6.45) is 4.76.